The van der Waals surface area contributed by atoms with Crippen LogP contribution in [0.15, 0.2) is 59.5 Å². The Hall–Kier alpha value is -2.46. The quantitative estimate of drug-likeness (QED) is 0.364. The summed E-state index contributed by atoms with van der Waals surface area (Å²) >= 11 is 0. The van der Waals surface area contributed by atoms with E-state index in [1.54, 1.807) is 12.1 Å². The van der Waals surface area contributed by atoms with Crippen LogP contribution in [0.1, 0.15) is 45.6 Å². The van der Waals surface area contributed by atoms with Crippen molar-refractivity contribution in [1.82, 2.24) is 4.31 Å². The number of nitrogens with zero attached hydrogens (tertiary/aromatic N) is 1. The molecule has 1 aliphatic rings. The van der Waals surface area contributed by atoms with Gasteiger partial charge in [-0.2, -0.15) is 4.31 Å². The van der Waals surface area contributed by atoms with Crippen LogP contribution in [0, 0.1) is 17.8 Å². The average molecular weight is 562 g/mol. The molecule has 1 heterocycles. The van der Waals surface area contributed by atoms with E-state index in [4.69, 9.17) is 14.2 Å². The van der Waals surface area contributed by atoms with E-state index in [0.29, 0.717) is 31.3 Å². The molecule has 0 bridgehead atoms. The summed E-state index contributed by atoms with van der Waals surface area (Å²) in [4.78, 5) is 13.1. The first kappa shape index (κ1) is 31.1. The lowest BCUT2D eigenvalue weighted by atomic mass is 9.90. The second-order valence-electron chi connectivity index (χ2n) is 10.9. The minimum absolute atomic E-state index is 0.0276. The fraction of sp³-hybridized carbons (Fsp3) is 0.567. The fourth-order valence-electron chi connectivity index (χ4n) is 4.77. The van der Waals surface area contributed by atoms with Gasteiger partial charge in [-0.15, -0.1) is 0 Å². The van der Waals surface area contributed by atoms with Gasteiger partial charge in [0, 0.05) is 25.6 Å². The Labute approximate surface area is 233 Å². The van der Waals surface area contributed by atoms with Gasteiger partial charge in [-0.1, -0.05) is 51.1 Å². The molecule has 0 amide bonds. The molecule has 0 saturated carbocycles. The molecule has 2 aromatic rings. The summed E-state index contributed by atoms with van der Waals surface area (Å²) in [5, 5.41) is 11.4. The van der Waals surface area contributed by atoms with Crippen molar-refractivity contribution >= 4 is 16.0 Å². The standard InChI is InChI=1S/C30H43NO7S/c1-22(2)18-31(39(34,35)28-14-12-26(36-4)13-15-28)19-29(32)25(16-24-8-6-5-7-9-24)17-30(33)38-27-11-10-23(3)20-37-21-27/h5-9,12-15,22-23,25,27,29,32H,10-11,16-21H2,1-4H3/t23?,25-,27?,29-/m1/s1. The van der Waals surface area contributed by atoms with E-state index in [1.165, 1.54) is 23.5 Å². The van der Waals surface area contributed by atoms with Gasteiger partial charge in [-0.25, -0.2) is 8.42 Å². The van der Waals surface area contributed by atoms with E-state index in [1.807, 2.05) is 44.2 Å². The number of ether oxygens (including phenoxy) is 3. The summed E-state index contributed by atoms with van der Waals surface area (Å²) in [7, 11) is -2.38. The lowest BCUT2D eigenvalue weighted by Crippen LogP contribution is -2.43. The summed E-state index contributed by atoms with van der Waals surface area (Å²) in [6, 6.07) is 15.8. The fourth-order valence-corrected chi connectivity index (χ4v) is 6.39. The van der Waals surface area contributed by atoms with Crippen LogP contribution in [-0.2, 0) is 30.7 Å². The second-order valence-corrected chi connectivity index (χ2v) is 12.9. The number of rotatable bonds is 13. The van der Waals surface area contributed by atoms with Crippen LogP contribution in [0.2, 0.25) is 0 Å². The molecule has 0 aliphatic carbocycles. The lowest BCUT2D eigenvalue weighted by molar-refractivity contribution is -0.154. The summed E-state index contributed by atoms with van der Waals surface area (Å²) in [6.45, 7) is 7.07. The summed E-state index contributed by atoms with van der Waals surface area (Å²) in [5.74, 6) is 0.0542. The first-order valence-electron chi connectivity index (χ1n) is 13.7. The van der Waals surface area contributed by atoms with Crippen LogP contribution in [0.25, 0.3) is 0 Å². The Bertz CT molecular complexity index is 1120. The molecule has 39 heavy (non-hydrogen) atoms. The maximum absolute atomic E-state index is 13.6. The van der Waals surface area contributed by atoms with Crippen LogP contribution >= 0.6 is 0 Å². The number of hydrogen-bond donors (Lipinski definition) is 1. The predicted molar refractivity (Wildman–Crippen MR) is 150 cm³/mol. The predicted octanol–water partition coefficient (Wildman–Crippen LogP) is 4.31. The van der Waals surface area contributed by atoms with Crippen LogP contribution in [0.4, 0.5) is 0 Å². The van der Waals surface area contributed by atoms with E-state index in [0.717, 1.165) is 18.4 Å². The third kappa shape index (κ3) is 9.60. The summed E-state index contributed by atoms with van der Waals surface area (Å²) in [5.41, 5.74) is 0.953. The topological polar surface area (TPSA) is 102 Å². The van der Waals surface area contributed by atoms with Crippen molar-refractivity contribution in [3.05, 3.63) is 60.2 Å². The van der Waals surface area contributed by atoms with Gasteiger partial charge in [0.2, 0.25) is 10.0 Å². The van der Waals surface area contributed by atoms with Gasteiger partial charge in [0.15, 0.2) is 0 Å². The van der Waals surface area contributed by atoms with Crippen molar-refractivity contribution in [1.29, 1.82) is 0 Å². The number of sulfonamides is 1. The second kappa shape index (κ2) is 14.8. The molecule has 3 rings (SSSR count). The van der Waals surface area contributed by atoms with Gasteiger partial charge in [0.05, 0.1) is 31.1 Å². The molecule has 2 unspecified atom stereocenters. The number of benzene rings is 2. The molecule has 9 heteroatoms. The first-order chi connectivity index (χ1) is 18.6. The molecular weight excluding hydrogens is 518 g/mol. The molecule has 2 aromatic carbocycles. The third-order valence-corrected chi connectivity index (χ3v) is 8.80. The molecule has 0 spiro atoms. The zero-order chi connectivity index (χ0) is 28.4. The molecule has 1 aliphatic heterocycles. The van der Waals surface area contributed by atoms with E-state index in [2.05, 4.69) is 6.92 Å². The Morgan fingerprint density at radius 2 is 1.74 bits per heavy atom. The van der Waals surface area contributed by atoms with Crippen molar-refractivity contribution in [2.75, 3.05) is 33.4 Å². The van der Waals surface area contributed by atoms with E-state index in [9.17, 15) is 18.3 Å². The van der Waals surface area contributed by atoms with Gasteiger partial charge < -0.3 is 19.3 Å². The first-order valence-corrected chi connectivity index (χ1v) is 15.2. The minimum atomic E-state index is -3.90. The van der Waals surface area contributed by atoms with Gasteiger partial charge in [-0.05, 0) is 60.9 Å². The van der Waals surface area contributed by atoms with Crippen molar-refractivity contribution < 1.29 is 32.5 Å². The summed E-state index contributed by atoms with van der Waals surface area (Å²) in [6.07, 6.45) is 0.635. The van der Waals surface area contributed by atoms with Crippen molar-refractivity contribution in [2.45, 2.75) is 63.6 Å². The van der Waals surface area contributed by atoms with Crippen molar-refractivity contribution in [3.63, 3.8) is 0 Å². The van der Waals surface area contributed by atoms with Crippen molar-refractivity contribution in [3.8, 4) is 5.75 Å². The SMILES string of the molecule is COc1ccc(S(=O)(=O)N(CC(C)C)C[C@@H](O)[C@@H](CC(=O)OC2CCC(C)COC2)Cc2ccccc2)cc1. The van der Waals surface area contributed by atoms with Gasteiger partial charge in [0.25, 0.3) is 0 Å². The number of carbonyl (C=O) groups excluding carboxylic acids is 1. The molecular formula is C30H43NO7S. The van der Waals surface area contributed by atoms with Crippen molar-refractivity contribution in [2.24, 2.45) is 17.8 Å². The van der Waals surface area contributed by atoms with Gasteiger partial charge in [0.1, 0.15) is 11.9 Å². The van der Waals surface area contributed by atoms with Crippen LogP contribution in [-0.4, -0.2) is 69.4 Å². The minimum Gasteiger partial charge on any atom is -0.497 e. The molecule has 1 N–H and O–H groups in total. The van der Waals surface area contributed by atoms with E-state index in [-0.39, 0.29) is 36.4 Å². The number of aliphatic hydroxyl groups is 1. The Morgan fingerprint density at radius 3 is 2.38 bits per heavy atom. The molecule has 216 valence electrons. The van der Waals surface area contributed by atoms with Gasteiger partial charge in [-0.3, -0.25) is 4.79 Å². The molecule has 4 atom stereocenters. The maximum Gasteiger partial charge on any atom is 0.306 e. The van der Waals surface area contributed by atoms with Crippen LogP contribution < -0.4 is 4.74 Å². The highest BCUT2D eigenvalue weighted by Crippen LogP contribution is 2.25. The monoisotopic (exact) mass is 561 g/mol. The molecule has 8 nitrogen and oxygen atoms in total. The highest BCUT2D eigenvalue weighted by Gasteiger charge is 2.32. The molecule has 1 saturated heterocycles. The number of aliphatic hydroxyl groups excluding tert-OH is 1. The normalized spacial score (nSPS) is 19.9. The average Bonchev–Trinajstić information content (AvgIpc) is 3.11. The third-order valence-electron chi connectivity index (χ3n) is 6.96. The lowest BCUT2D eigenvalue weighted by Gasteiger charge is -2.30. The van der Waals surface area contributed by atoms with Gasteiger partial charge >= 0.3 is 5.97 Å². The maximum atomic E-state index is 13.6. The smallest absolute Gasteiger partial charge is 0.306 e. The molecule has 1 fully saturated rings. The largest absolute Gasteiger partial charge is 0.497 e. The highest BCUT2D eigenvalue weighted by atomic mass is 32.2. The van der Waals surface area contributed by atoms with Crippen LogP contribution in [0.3, 0.4) is 0 Å². The van der Waals surface area contributed by atoms with E-state index < -0.39 is 28.0 Å². The number of carbonyl (C=O) groups is 1. The number of methoxy groups -OCH3 is 1. The zero-order valence-electron chi connectivity index (χ0n) is 23.5. The zero-order valence-corrected chi connectivity index (χ0v) is 24.3. The van der Waals surface area contributed by atoms with Crippen LogP contribution in [0.5, 0.6) is 5.75 Å². The Balaban J connectivity index is 1.78. The highest BCUT2D eigenvalue weighted by molar-refractivity contribution is 7.89. The Kier molecular flexibility index (Phi) is 11.8. The Morgan fingerprint density at radius 1 is 1.05 bits per heavy atom. The summed E-state index contributed by atoms with van der Waals surface area (Å²) < 4.78 is 45.1. The number of hydrogen-bond acceptors (Lipinski definition) is 7. The molecule has 0 radical (unpaired) electrons. The molecule has 0 aromatic heterocycles. The van der Waals surface area contributed by atoms with E-state index >= 15 is 0 Å². The number of esters is 1.